The molecule has 2 N–H and O–H groups in total. The summed E-state index contributed by atoms with van der Waals surface area (Å²) in [5.74, 6) is 2.94. The van der Waals surface area contributed by atoms with Gasteiger partial charge in [-0.05, 0) is 55.9 Å². The van der Waals surface area contributed by atoms with Gasteiger partial charge in [0, 0.05) is 21.9 Å². The fourth-order valence-corrected chi connectivity index (χ4v) is 5.09. The molecule has 2 aliphatic carbocycles. The van der Waals surface area contributed by atoms with Gasteiger partial charge in [0.25, 0.3) is 0 Å². The Morgan fingerprint density at radius 1 is 0.897 bits per heavy atom. The summed E-state index contributed by atoms with van der Waals surface area (Å²) in [5.41, 5.74) is 3.85. The lowest BCUT2D eigenvalue weighted by molar-refractivity contribution is 0.102. The Hall–Kier alpha value is -1.78. The van der Waals surface area contributed by atoms with E-state index in [0.717, 1.165) is 35.1 Å². The Labute approximate surface area is 173 Å². The number of hydrogen-bond donors (Lipinski definition) is 2. The van der Waals surface area contributed by atoms with Crippen molar-refractivity contribution in [3.63, 3.8) is 0 Å². The van der Waals surface area contributed by atoms with Crippen LogP contribution in [0, 0.1) is 0 Å². The SMILES string of the molecule is CCc1cccc2c(OCC(O)CC)c3c(c(OCC(O)CC)c12)C1CCC3C1. The summed E-state index contributed by atoms with van der Waals surface area (Å²) in [4.78, 5) is 0. The number of rotatable bonds is 9. The van der Waals surface area contributed by atoms with Crippen LogP contribution < -0.4 is 9.47 Å². The highest BCUT2D eigenvalue weighted by atomic mass is 16.5. The topological polar surface area (TPSA) is 58.9 Å². The molecule has 0 radical (unpaired) electrons. The summed E-state index contributed by atoms with van der Waals surface area (Å²) in [5, 5.41) is 22.5. The number of ether oxygens (including phenoxy) is 2. The van der Waals surface area contributed by atoms with Crippen molar-refractivity contribution >= 4 is 10.8 Å². The molecule has 4 rings (SSSR count). The Morgan fingerprint density at radius 3 is 2.07 bits per heavy atom. The molecule has 0 spiro atoms. The third-order valence-electron chi connectivity index (χ3n) is 6.81. The van der Waals surface area contributed by atoms with Gasteiger partial charge in [-0.25, -0.2) is 0 Å². The van der Waals surface area contributed by atoms with Crippen LogP contribution in [-0.2, 0) is 6.42 Å². The first-order chi connectivity index (χ1) is 14.1. The van der Waals surface area contributed by atoms with Crippen LogP contribution >= 0.6 is 0 Å². The van der Waals surface area contributed by atoms with Gasteiger partial charge in [-0.1, -0.05) is 39.0 Å². The molecule has 1 saturated carbocycles. The molecule has 0 saturated heterocycles. The van der Waals surface area contributed by atoms with E-state index in [0.29, 0.717) is 37.9 Å². The normalized spacial score (nSPS) is 22.0. The highest BCUT2D eigenvalue weighted by Gasteiger charge is 2.43. The van der Waals surface area contributed by atoms with Crippen LogP contribution in [0.5, 0.6) is 11.5 Å². The fraction of sp³-hybridized carbons (Fsp3) is 0.600. The van der Waals surface area contributed by atoms with Crippen molar-refractivity contribution in [1.29, 1.82) is 0 Å². The second-order valence-electron chi connectivity index (χ2n) is 8.63. The van der Waals surface area contributed by atoms with Crippen molar-refractivity contribution in [1.82, 2.24) is 0 Å². The van der Waals surface area contributed by atoms with Gasteiger partial charge >= 0.3 is 0 Å². The molecule has 2 aliphatic rings. The average molecular weight is 399 g/mol. The predicted octanol–water partition coefficient (Wildman–Crippen LogP) is 5.07. The predicted molar refractivity (Wildman–Crippen MR) is 116 cm³/mol. The third-order valence-corrected chi connectivity index (χ3v) is 6.81. The molecular weight excluding hydrogens is 364 g/mol. The van der Waals surface area contributed by atoms with E-state index in [-0.39, 0.29) is 0 Å². The maximum atomic E-state index is 10.1. The summed E-state index contributed by atoms with van der Waals surface area (Å²) in [6.07, 6.45) is 4.92. The second kappa shape index (κ2) is 8.53. The number of hydrogen-bond acceptors (Lipinski definition) is 4. The Balaban J connectivity index is 1.91. The van der Waals surface area contributed by atoms with E-state index in [4.69, 9.17) is 9.47 Å². The minimum Gasteiger partial charge on any atom is -0.490 e. The van der Waals surface area contributed by atoms with Crippen LogP contribution in [0.1, 0.15) is 81.4 Å². The summed E-state index contributed by atoms with van der Waals surface area (Å²) < 4.78 is 12.7. The summed E-state index contributed by atoms with van der Waals surface area (Å²) in [6, 6.07) is 6.38. The Morgan fingerprint density at radius 2 is 1.48 bits per heavy atom. The van der Waals surface area contributed by atoms with E-state index in [1.54, 1.807) is 0 Å². The van der Waals surface area contributed by atoms with Gasteiger partial charge in [0.2, 0.25) is 0 Å². The van der Waals surface area contributed by atoms with E-state index >= 15 is 0 Å². The Bertz CT molecular complexity index is 875. The quantitative estimate of drug-likeness (QED) is 0.619. The molecule has 4 unspecified atom stereocenters. The first-order valence-electron chi connectivity index (χ1n) is 11.3. The molecule has 2 bridgehead atoms. The van der Waals surface area contributed by atoms with E-state index in [9.17, 15) is 10.2 Å². The van der Waals surface area contributed by atoms with Gasteiger partial charge in [-0.3, -0.25) is 0 Å². The largest absolute Gasteiger partial charge is 0.490 e. The molecule has 2 aromatic carbocycles. The smallest absolute Gasteiger partial charge is 0.131 e. The minimum absolute atomic E-state index is 0.320. The van der Waals surface area contributed by atoms with Crippen molar-refractivity contribution in [2.75, 3.05) is 13.2 Å². The van der Waals surface area contributed by atoms with Gasteiger partial charge in [-0.2, -0.15) is 0 Å². The number of benzene rings is 2. The molecule has 1 fully saturated rings. The Kier molecular flexibility index (Phi) is 6.03. The molecule has 29 heavy (non-hydrogen) atoms. The maximum Gasteiger partial charge on any atom is 0.131 e. The molecule has 0 aromatic heterocycles. The van der Waals surface area contributed by atoms with Crippen molar-refractivity contribution in [2.24, 2.45) is 0 Å². The second-order valence-corrected chi connectivity index (χ2v) is 8.63. The fourth-order valence-electron chi connectivity index (χ4n) is 5.09. The zero-order chi connectivity index (χ0) is 20.5. The molecular formula is C25H34O4. The monoisotopic (exact) mass is 398 g/mol. The highest BCUT2D eigenvalue weighted by molar-refractivity contribution is 5.99. The summed E-state index contributed by atoms with van der Waals surface area (Å²) in [6.45, 7) is 6.76. The van der Waals surface area contributed by atoms with E-state index in [1.165, 1.54) is 29.5 Å². The molecule has 4 atom stereocenters. The lowest BCUT2D eigenvalue weighted by atomic mass is 9.85. The van der Waals surface area contributed by atoms with Gasteiger partial charge < -0.3 is 19.7 Å². The van der Waals surface area contributed by atoms with Crippen molar-refractivity contribution in [3.05, 3.63) is 34.9 Å². The molecule has 0 amide bonds. The maximum absolute atomic E-state index is 10.1. The standard InChI is InChI=1S/C25H34O4/c1-4-15-8-7-9-20-21(15)25(29-14-19(27)6-3)23-17-11-10-16(12-17)22(23)24(20)28-13-18(26)5-2/h7-9,16-19,26-27H,4-6,10-14H2,1-3H3. The third kappa shape index (κ3) is 3.62. The molecule has 2 aromatic rings. The number of aryl methyl sites for hydroxylation is 1. The van der Waals surface area contributed by atoms with Crippen LogP contribution in [0.15, 0.2) is 18.2 Å². The number of aliphatic hydroxyl groups excluding tert-OH is 2. The van der Waals surface area contributed by atoms with Gasteiger partial charge in [0.05, 0.1) is 12.2 Å². The lowest BCUT2D eigenvalue weighted by Crippen LogP contribution is -2.19. The first kappa shape index (κ1) is 20.5. The van der Waals surface area contributed by atoms with Gasteiger partial charge in [0.1, 0.15) is 24.7 Å². The van der Waals surface area contributed by atoms with E-state index < -0.39 is 12.2 Å². The number of fused-ring (bicyclic) bond motifs is 6. The van der Waals surface area contributed by atoms with E-state index in [1.807, 2.05) is 13.8 Å². The van der Waals surface area contributed by atoms with Gasteiger partial charge in [-0.15, -0.1) is 0 Å². The minimum atomic E-state index is -0.455. The first-order valence-corrected chi connectivity index (χ1v) is 11.3. The molecule has 0 aliphatic heterocycles. The lowest BCUT2D eigenvalue weighted by Gasteiger charge is -2.27. The van der Waals surface area contributed by atoms with Crippen molar-refractivity contribution in [3.8, 4) is 11.5 Å². The van der Waals surface area contributed by atoms with Crippen LogP contribution in [-0.4, -0.2) is 35.6 Å². The number of aliphatic hydroxyl groups is 2. The summed E-state index contributed by atoms with van der Waals surface area (Å²) >= 11 is 0. The average Bonchev–Trinajstić information content (AvgIpc) is 3.37. The highest BCUT2D eigenvalue weighted by Crippen LogP contribution is 2.61. The van der Waals surface area contributed by atoms with E-state index in [2.05, 4.69) is 25.1 Å². The van der Waals surface area contributed by atoms with Crippen LogP contribution in [0.4, 0.5) is 0 Å². The van der Waals surface area contributed by atoms with Crippen LogP contribution in [0.25, 0.3) is 10.8 Å². The molecule has 0 heterocycles. The zero-order valence-corrected chi connectivity index (χ0v) is 17.9. The van der Waals surface area contributed by atoms with Crippen LogP contribution in [0.3, 0.4) is 0 Å². The van der Waals surface area contributed by atoms with Crippen LogP contribution in [0.2, 0.25) is 0 Å². The zero-order valence-electron chi connectivity index (χ0n) is 17.9. The molecule has 4 nitrogen and oxygen atoms in total. The van der Waals surface area contributed by atoms with Gasteiger partial charge in [0.15, 0.2) is 0 Å². The van der Waals surface area contributed by atoms with Crippen molar-refractivity contribution in [2.45, 2.75) is 83.3 Å². The molecule has 158 valence electrons. The summed E-state index contributed by atoms with van der Waals surface area (Å²) in [7, 11) is 0. The molecule has 4 heteroatoms. The van der Waals surface area contributed by atoms with Crippen molar-refractivity contribution < 1.29 is 19.7 Å².